The molecular formula is C20H22N4O. The third-order valence-electron chi connectivity index (χ3n) is 4.37. The van der Waals surface area contributed by atoms with Gasteiger partial charge in [0.05, 0.1) is 29.4 Å². The highest BCUT2D eigenvalue weighted by atomic mass is 16.5. The fourth-order valence-electron chi connectivity index (χ4n) is 3.31. The average molecular weight is 334 g/mol. The molecule has 1 saturated heterocycles. The minimum absolute atomic E-state index is 0.259. The molecule has 0 amide bonds. The van der Waals surface area contributed by atoms with Crippen LogP contribution in [0, 0.1) is 0 Å². The van der Waals surface area contributed by atoms with Crippen molar-refractivity contribution in [3.63, 3.8) is 0 Å². The summed E-state index contributed by atoms with van der Waals surface area (Å²) in [5, 5.41) is 3.33. The molecule has 1 aromatic heterocycles. The van der Waals surface area contributed by atoms with E-state index < -0.39 is 0 Å². The van der Waals surface area contributed by atoms with Crippen LogP contribution >= 0.6 is 0 Å². The number of hydrogen-bond acceptors (Lipinski definition) is 5. The fraction of sp³-hybridized carbons (Fsp3) is 0.300. The maximum Gasteiger partial charge on any atom is 0.149 e. The van der Waals surface area contributed by atoms with Crippen molar-refractivity contribution >= 4 is 28.2 Å². The standard InChI is InChI=1S/C20H22N4O/c1-14-12-24(13-15(2)25-14)17-9-7-16(8-10-17)22-20-11-21-18-5-3-4-6-19(18)23-20/h3-11,14-15H,12-13H2,1-2H3,(H,22,23)/t14-,15+. The maximum atomic E-state index is 5.81. The molecule has 2 aromatic carbocycles. The molecule has 3 aromatic rings. The number of rotatable bonds is 3. The summed E-state index contributed by atoms with van der Waals surface area (Å²) < 4.78 is 5.81. The van der Waals surface area contributed by atoms with E-state index in [4.69, 9.17) is 4.74 Å². The van der Waals surface area contributed by atoms with Crippen molar-refractivity contribution in [3.8, 4) is 0 Å². The Kier molecular flexibility index (Phi) is 4.24. The lowest BCUT2D eigenvalue weighted by atomic mass is 10.2. The Morgan fingerprint density at radius 1 is 0.960 bits per heavy atom. The number of morpholine rings is 1. The zero-order valence-electron chi connectivity index (χ0n) is 14.5. The van der Waals surface area contributed by atoms with Crippen molar-refractivity contribution < 1.29 is 4.74 Å². The molecule has 0 saturated carbocycles. The van der Waals surface area contributed by atoms with Gasteiger partial charge in [-0.25, -0.2) is 4.98 Å². The fourth-order valence-corrected chi connectivity index (χ4v) is 3.31. The molecule has 1 aliphatic heterocycles. The Hall–Kier alpha value is -2.66. The van der Waals surface area contributed by atoms with Gasteiger partial charge in [-0.1, -0.05) is 12.1 Å². The number of hydrogen-bond donors (Lipinski definition) is 1. The molecular weight excluding hydrogens is 312 g/mol. The van der Waals surface area contributed by atoms with E-state index in [0.29, 0.717) is 0 Å². The number of aromatic nitrogens is 2. The molecule has 2 heterocycles. The monoisotopic (exact) mass is 334 g/mol. The van der Waals surface area contributed by atoms with E-state index in [2.05, 4.69) is 58.3 Å². The van der Waals surface area contributed by atoms with Gasteiger partial charge in [-0.3, -0.25) is 4.98 Å². The van der Waals surface area contributed by atoms with Gasteiger partial charge in [0.1, 0.15) is 5.82 Å². The van der Waals surface area contributed by atoms with Crippen molar-refractivity contribution in [1.29, 1.82) is 0 Å². The second-order valence-electron chi connectivity index (χ2n) is 6.58. The van der Waals surface area contributed by atoms with Gasteiger partial charge in [0.25, 0.3) is 0 Å². The van der Waals surface area contributed by atoms with Crippen LogP contribution in [0.3, 0.4) is 0 Å². The molecule has 1 aliphatic rings. The van der Waals surface area contributed by atoms with E-state index in [1.165, 1.54) is 5.69 Å². The van der Waals surface area contributed by atoms with Crippen molar-refractivity contribution in [2.24, 2.45) is 0 Å². The summed E-state index contributed by atoms with van der Waals surface area (Å²) in [5.41, 5.74) is 4.01. The largest absolute Gasteiger partial charge is 0.372 e. The van der Waals surface area contributed by atoms with E-state index >= 15 is 0 Å². The lowest BCUT2D eigenvalue weighted by Gasteiger charge is -2.36. The number of fused-ring (bicyclic) bond motifs is 1. The molecule has 0 aliphatic carbocycles. The van der Waals surface area contributed by atoms with E-state index in [1.54, 1.807) is 6.20 Å². The second kappa shape index (κ2) is 6.69. The Morgan fingerprint density at radius 3 is 2.36 bits per heavy atom. The van der Waals surface area contributed by atoms with Crippen LogP contribution in [0.25, 0.3) is 11.0 Å². The van der Waals surface area contributed by atoms with Crippen LogP contribution in [0.15, 0.2) is 54.7 Å². The van der Waals surface area contributed by atoms with Crippen molar-refractivity contribution in [1.82, 2.24) is 9.97 Å². The summed E-state index contributed by atoms with van der Waals surface area (Å²) in [6, 6.07) is 16.3. The van der Waals surface area contributed by atoms with Crippen LogP contribution in [-0.4, -0.2) is 35.3 Å². The number of nitrogens with zero attached hydrogens (tertiary/aromatic N) is 3. The first kappa shape index (κ1) is 15.8. The van der Waals surface area contributed by atoms with Crippen LogP contribution in [0.5, 0.6) is 0 Å². The molecule has 25 heavy (non-hydrogen) atoms. The summed E-state index contributed by atoms with van der Waals surface area (Å²) >= 11 is 0. The quantitative estimate of drug-likeness (QED) is 0.785. The zero-order chi connectivity index (χ0) is 17.2. The number of anilines is 3. The number of para-hydroxylation sites is 2. The summed E-state index contributed by atoms with van der Waals surface area (Å²) in [5.74, 6) is 0.750. The van der Waals surface area contributed by atoms with Crippen molar-refractivity contribution in [3.05, 3.63) is 54.7 Å². The van der Waals surface area contributed by atoms with E-state index in [9.17, 15) is 0 Å². The Labute approximate surface area is 147 Å². The van der Waals surface area contributed by atoms with Crippen LogP contribution in [0.4, 0.5) is 17.2 Å². The van der Waals surface area contributed by atoms with Crippen LogP contribution in [-0.2, 0) is 4.74 Å². The molecule has 5 nitrogen and oxygen atoms in total. The molecule has 0 radical (unpaired) electrons. The molecule has 4 rings (SSSR count). The molecule has 0 spiro atoms. The Bertz CT molecular complexity index is 855. The van der Waals surface area contributed by atoms with Gasteiger partial charge in [0.15, 0.2) is 0 Å². The molecule has 5 heteroatoms. The van der Waals surface area contributed by atoms with E-state index in [1.807, 2.05) is 24.3 Å². The first-order chi connectivity index (χ1) is 12.2. The minimum Gasteiger partial charge on any atom is -0.372 e. The average Bonchev–Trinajstić information content (AvgIpc) is 2.61. The summed E-state index contributed by atoms with van der Waals surface area (Å²) in [6.45, 7) is 6.09. The molecule has 128 valence electrons. The van der Waals surface area contributed by atoms with Crippen LogP contribution in [0.2, 0.25) is 0 Å². The third-order valence-corrected chi connectivity index (χ3v) is 4.37. The van der Waals surface area contributed by atoms with E-state index in [-0.39, 0.29) is 12.2 Å². The predicted octanol–water partition coefficient (Wildman–Crippen LogP) is 3.99. The SMILES string of the molecule is C[C@@H]1CN(c2ccc(Nc3cnc4ccccc4n3)cc2)C[C@H](C)O1. The molecule has 1 N–H and O–H groups in total. The van der Waals surface area contributed by atoms with Gasteiger partial charge >= 0.3 is 0 Å². The minimum atomic E-state index is 0.259. The van der Waals surface area contributed by atoms with Gasteiger partial charge in [-0.15, -0.1) is 0 Å². The van der Waals surface area contributed by atoms with E-state index in [0.717, 1.165) is 35.6 Å². The Morgan fingerprint density at radius 2 is 1.64 bits per heavy atom. The Balaban J connectivity index is 1.49. The van der Waals surface area contributed by atoms with Gasteiger partial charge in [-0.05, 0) is 50.2 Å². The van der Waals surface area contributed by atoms with Crippen LogP contribution < -0.4 is 10.2 Å². The van der Waals surface area contributed by atoms with Gasteiger partial charge in [-0.2, -0.15) is 0 Å². The lowest BCUT2D eigenvalue weighted by Crippen LogP contribution is -2.45. The topological polar surface area (TPSA) is 50.3 Å². The first-order valence-corrected chi connectivity index (χ1v) is 8.67. The van der Waals surface area contributed by atoms with Crippen LogP contribution in [0.1, 0.15) is 13.8 Å². The third kappa shape index (κ3) is 3.56. The smallest absolute Gasteiger partial charge is 0.149 e. The normalized spacial score (nSPS) is 20.6. The maximum absolute atomic E-state index is 5.81. The van der Waals surface area contributed by atoms with Crippen molar-refractivity contribution in [2.45, 2.75) is 26.1 Å². The molecule has 2 atom stereocenters. The van der Waals surface area contributed by atoms with Gasteiger partial charge < -0.3 is 15.0 Å². The highest BCUT2D eigenvalue weighted by molar-refractivity contribution is 5.76. The summed E-state index contributed by atoms with van der Waals surface area (Å²) in [7, 11) is 0. The van der Waals surface area contributed by atoms with Crippen molar-refractivity contribution in [2.75, 3.05) is 23.3 Å². The zero-order valence-corrected chi connectivity index (χ0v) is 14.5. The summed E-state index contributed by atoms with van der Waals surface area (Å²) in [4.78, 5) is 11.4. The number of ether oxygens (including phenoxy) is 1. The summed E-state index contributed by atoms with van der Waals surface area (Å²) in [6.07, 6.45) is 2.28. The van der Waals surface area contributed by atoms with Gasteiger partial charge in [0, 0.05) is 24.5 Å². The molecule has 0 unspecified atom stereocenters. The first-order valence-electron chi connectivity index (χ1n) is 8.67. The number of benzene rings is 2. The lowest BCUT2D eigenvalue weighted by molar-refractivity contribution is -0.00521. The number of nitrogens with one attached hydrogen (secondary N) is 1. The molecule has 1 fully saturated rings. The second-order valence-corrected chi connectivity index (χ2v) is 6.58. The molecule has 0 bridgehead atoms. The van der Waals surface area contributed by atoms with Gasteiger partial charge in [0.2, 0.25) is 0 Å². The predicted molar refractivity (Wildman–Crippen MR) is 101 cm³/mol. The highest BCUT2D eigenvalue weighted by Gasteiger charge is 2.22. The highest BCUT2D eigenvalue weighted by Crippen LogP contribution is 2.24.